The van der Waals surface area contributed by atoms with Gasteiger partial charge in [-0.25, -0.2) is 9.37 Å². The number of hydrogen-bond donors (Lipinski definition) is 3. The summed E-state index contributed by atoms with van der Waals surface area (Å²) in [5, 5.41) is 5.36. The summed E-state index contributed by atoms with van der Waals surface area (Å²) >= 11 is 0. The third kappa shape index (κ3) is 4.90. The number of primary amides is 1. The summed E-state index contributed by atoms with van der Waals surface area (Å²) in [6.45, 7) is 0.395. The lowest BCUT2D eigenvalue weighted by molar-refractivity contribution is -0.118. The lowest BCUT2D eigenvalue weighted by Gasteiger charge is -2.08. The fourth-order valence-electron chi connectivity index (χ4n) is 1.53. The van der Waals surface area contributed by atoms with Crippen LogP contribution in [-0.4, -0.2) is 30.4 Å². The molecule has 0 saturated carbocycles. The average molecular weight is 268 g/mol. The Hall–Kier alpha value is -2.18. The molecule has 2 amide bonds. The molecule has 0 radical (unpaired) electrons. The second kappa shape index (κ2) is 7.30. The van der Waals surface area contributed by atoms with Crippen molar-refractivity contribution in [2.24, 2.45) is 5.73 Å². The molecular formula is C12H17FN4O2. The van der Waals surface area contributed by atoms with E-state index in [1.54, 1.807) is 7.05 Å². The number of unbranched alkanes of at least 4 members (excludes halogenated alkanes) is 1. The molecule has 0 unspecified atom stereocenters. The fourth-order valence-corrected chi connectivity index (χ4v) is 1.53. The third-order valence-electron chi connectivity index (χ3n) is 2.47. The Kier molecular flexibility index (Phi) is 5.72. The number of anilines is 1. The van der Waals surface area contributed by atoms with Gasteiger partial charge in [-0.15, -0.1) is 0 Å². The minimum Gasteiger partial charge on any atom is -0.372 e. The number of rotatable bonds is 7. The first-order valence-electron chi connectivity index (χ1n) is 5.94. The lowest BCUT2D eigenvalue weighted by Crippen LogP contribution is -2.26. The van der Waals surface area contributed by atoms with Crippen LogP contribution in [0.25, 0.3) is 0 Å². The Morgan fingerprint density at radius 1 is 1.42 bits per heavy atom. The van der Waals surface area contributed by atoms with Gasteiger partial charge in [0, 0.05) is 20.0 Å². The zero-order valence-electron chi connectivity index (χ0n) is 10.7. The highest BCUT2D eigenvalue weighted by Gasteiger charge is 2.12. The summed E-state index contributed by atoms with van der Waals surface area (Å²) in [6.07, 6.45) is 2.57. The quantitative estimate of drug-likeness (QED) is 0.632. The van der Waals surface area contributed by atoms with E-state index in [-0.39, 0.29) is 11.5 Å². The standard InChI is InChI=1S/C12H17FN4O2/c1-15-11-9(6-8(13)7-17-11)12(19)16-5-3-2-4-10(14)18/h6-7H,2-5H2,1H3,(H2,14,18)(H,15,17)(H,16,19). The van der Waals surface area contributed by atoms with E-state index in [9.17, 15) is 14.0 Å². The molecule has 1 rings (SSSR count). The maximum atomic E-state index is 13.1. The number of nitrogens with two attached hydrogens (primary N) is 1. The molecule has 0 aliphatic rings. The molecule has 0 atom stereocenters. The maximum Gasteiger partial charge on any atom is 0.255 e. The van der Waals surface area contributed by atoms with Gasteiger partial charge in [0.2, 0.25) is 5.91 Å². The highest BCUT2D eigenvalue weighted by Crippen LogP contribution is 2.12. The van der Waals surface area contributed by atoms with E-state index in [1.807, 2.05) is 0 Å². The van der Waals surface area contributed by atoms with E-state index in [4.69, 9.17) is 5.73 Å². The Morgan fingerprint density at radius 3 is 2.79 bits per heavy atom. The van der Waals surface area contributed by atoms with Crippen LogP contribution in [0.2, 0.25) is 0 Å². The highest BCUT2D eigenvalue weighted by atomic mass is 19.1. The Balaban J connectivity index is 2.49. The smallest absolute Gasteiger partial charge is 0.255 e. The van der Waals surface area contributed by atoms with E-state index in [1.165, 1.54) is 0 Å². The normalized spacial score (nSPS) is 10.0. The number of nitrogens with zero attached hydrogens (tertiary/aromatic N) is 1. The lowest BCUT2D eigenvalue weighted by atomic mass is 10.2. The Bertz CT molecular complexity index is 465. The van der Waals surface area contributed by atoms with Crippen LogP contribution in [0.3, 0.4) is 0 Å². The van der Waals surface area contributed by atoms with Gasteiger partial charge < -0.3 is 16.4 Å². The van der Waals surface area contributed by atoms with Crippen LogP contribution in [0.15, 0.2) is 12.3 Å². The first-order chi connectivity index (χ1) is 9.04. The zero-order valence-corrected chi connectivity index (χ0v) is 10.7. The van der Waals surface area contributed by atoms with Gasteiger partial charge in [0.05, 0.1) is 11.8 Å². The molecule has 0 aliphatic carbocycles. The molecule has 6 nitrogen and oxygen atoms in total. The van der Waals surface area contributed by atoms with Crippen LogP contribution in [0, 0.1) is 5.82 Å². The third-order valence-corrected chi connectivity index (χ3v) is 2.47. The van der Waals surface area contributed by atoms with E-state index < -0.39 is 11.7 Å². The van der Waals surface area contributed by atoms with Crippen molar-refractivity contribution in [2.45, 2.75) is 19.3 Å². The van der Waals surface area contributed by atoms with Gasteiger partial charge in [-0.05, 0) is 18.9 Å². The number of aromatic nitrogens is 1. The molecule has 0 bridgehead atoms. The molecule has 7 heteroatoms. The van der Waals surface area contributed by atoms with Crippen LogP contribution in [0.1, 0.15) is 29.6 Å². The molecule has 1 aromatic heterocycles. The molecule has 0 aromatic carbocycles. The maximum absolute atomic E-state index is 13.1. The van der Waals surface area contributed by atoms with Crippen molar-refractivity contribution in [3.63, 3.8) is 0 Å². The summed E-state index contributed by atoms with van der Waals surface area (Å²) in [6, 6.07) is 1.12. The van der Waals surface area contributed by atoms with E-state index in [0.717, 1.165) is 12.3 Å². The fraction of sp³-hybridized carbons (Fsp3) is 0.417. The molecule has 4 N–H and O–H groups in total. The molecule has 1 heterocycles. The van der Waals surface area contributed by atoms with Gasteiger partial charge in [0.25, 0.3) is 5.91 Å². The van der Waals surface area contributed by atoms with Crippen molar-refractivity contribution in [3.05, 3.63) is 23.6 Å². The molecule has 0 aliphatic heterocycles. The minimum absolute atomic E-state index is 0.150. The number of hydrogen-bond acceptors (Lipinski definition) is 4. The topological polar surface area (TPSA) is 97.1 Å². The molecule has 104 valence electrons. The molecule has 0 fully saturated rings. The molecule has 1 aromatic rings. The monoisotopic (exact) mass is 268 g/mol. The van der Waals surface area contributed by atoms with E-state index in [0.29, 0.717) is 31.6 Å². The number of amides is 2. The van der Waals surface area contributed by atoms with Crippen molar-refractivity contribution in [1.29, 1.82) is 0 Å². The predicted molar refractivity (Wildman–Crippen MR) is 69.1 cm³/mol. The summed E-state index contributed by atoms with van der Waals surface area (Å²) < 4.78 is 13.1. The number of pyridine rings is 1. The molecule has 0 saturated heterocycles. The van der Waals surface area contributed by atoms with Crippen LogP contribution >= 0.6 is 0 Å². The molecule has 19 heavy (non-hydrogen) atoms. The summed E-state index contributed by atoms with van der Waals surface area (Å²) in [5.41, 5.74) is 5.15. The summed E-state index contributed by atoms with van der Waals surface area (Å²) in [4.78, 5) is 26.1. The summed E-state index contributed by atoms with van der Waals surface area (Å²) in [7, 11) is 1.60. The van der Waals surface area contributed by atoms with Gasteiger partial charge in [0.1, 0.15) is 11.6 Å². The SMILES string of the molecule is CNc1ncc(F)cc1C(=O)NCCCCC(N)=O. The van der Waals surface area contributed by atoms with E-state index in [2.05, 4.69) is 15.6 Å². The van der Waals surface area contributed by atoms with Gasteiger partial charge >= 0.3 is 0 Å². The van der Waals surface area contributed by atoms with Crippen molar-refractivity contribution in [2.75, 3.05) is 18.9 Å². The first kappa shape index (κ1) is 14.9. The average Bonchev–Trinajstić information content (AvgIpc) is 2.37. The van der Waals surface area contributed by atoms with Crippen molar-refractivity contribution >= 4 is 17.6 Å². The number of carbonyl (C=O) groups is 2. The summed E-state index contributed by atoms with van der Waals surface area (Å²) in [5.74, 6) is -1.03. The second-order valence-electron chi connectivity index (χ2n) is 3.98. The largest absolute Gasteiger partial charge is 0.372 e. The number of nitrogens with one attached hydrogen (secondary N) is 2. The predicted octanol–water partition coefficient (Wildman–Crippen LogP) is 0.648. The van der Waals surface area contributed by atoms with Crippen LogP contribution < -0.4 is 16.4 Å². The van der Waals surface area contributed by atoms with Gasteiger partial charge in [0.15, 0.2) is 0 Å². The van der Waals surface area contributed by atoms with Crippen LogP contribution in [0.4, 0.5) is 10.2 Å². The van der Waals surface area contributed by atoms with Gasteiger partial charge in [-0.2, -0.15) is 0 Å². The Morgan fingerprint density at radius 2 is 2.16 bits per heavy atom. The molecular weight excluding hydrogens is 251 g/mol. The van der Waals surface area contributed by atoms with Crippen molar-refractivity contribution < 1.29 is 14.0 Å². The van der Waals surface area contributed by atoms with Crippen LogP contribution in [0.5, 0.6) is 0 Å². The van der Waals surface area contributed by atoms with Gasteiger partial charge in [-0.3, -0.25) is 9.59 Å². The highest BCUT2D eigenvalue weighted by molar-refractivity contribution is 5.98. The number of carbonyl (C=O) groups excluding carboxylic acids is 2. The van der Waals surface area contributed by atoms with Crippen molar-refractivity contribution in [3.8, 4) is 0 Å². The second-order valence-corrected chi connectivity index (χ2v) is 3.98. The van der Waals surface area contributed by atoms with Crippen molar-refractivity contribution in [1.82, 2.24) is 10.3 Å². The molecule has 0 spiro atoms. The van der Waals surface area contributed by atoms with Gasteiger partial charge in [-0.1, -0.05) is 0 Å². The van der Waals surface area contributed by atoms with Crippen LogP contribution in [-0.2, 0) is 4.79 Å². The minimum atomic E-state index is -0.571. The Labute approximate surface area is 110 Å². The first-order valence-corrected chi connectivity index (χ1v) is 5.94. The zero-order chi connectivity index (χ0) is 14.3. The van der Waals surface area contributed by atoms with E-state index >= 15 is 0 Å². The number of halogens is 1.